The van der Waals surface area contributed by atoms with Crippen molar-refractivity contribution in [3.8, 4) is 0 Å². The molecular formula is C14H21NO. The third-order valence-electron chi connectivity index (χ3n) is 3.49. The van der Waals surface area contributed by atoms with Crippen molar-refractivity contribution in [1.82, 2.24) is 0 Å². The van der Waals surface area contributed by atoms with Gasteiger partial charge in [0.25, 0.3) is 0 Å². The van der Waals surface area contributed by atoms with Gasteiger partial charge in [0.1, 0.15) is 0 Å². The second kappa shape index (κ2) is 3.77. The molecule has 16 heavy (non-hydrogen) atoms. The van der Waals surface area contributed by atoms with E-state index >= 15 is 0 Å². The van der Waals surface area contributed by atoms with Crippen LogP contribution in [0.15, 0.2) is 18.2 Å². The summed E-state index contributed by atoms with van der Waals surface area (Å²) in [6, 6.07) is 6.80. The Hall–Kier alpha value is -1.02. The number of hydrogen-bond acceptors (Lipinski definition) is 2. The van der Waals surface area contributed by atoms with Gasteiger partial charge in [-0.25, -0.2) is 0 Å². The molecule has 2 rings (SSSR count). The maximum absolute atomic E-state index is 10.2. The first-order valence-corrected chi connectivity index (χ1v) is 6.06. The Kier molecular flexibility index (Phi) is 2.70. The molecule has 1 atom stereocenters. The Balaban J connectivity index is 2.52. The summed E-state index contributed by atoms with van der Waals surface area (Å²) in [5, 5.41) is 10.2. The van der Waals surface area contributed by atoms with E-state index in [2.05, 4.69) is 24.8 Å². The first kappa shape index (κ1) is 11.5. The summed E-state index contributed by atoms with van der Waals surface area (Å²) in [7, 11) is 0. The molecule has 88 valence electrons. The summed E-state index contributed by atoms with van der Waals surface area (Å²) in [6.45, 7) is 9.19. The summed E-state index contributed by atoms with van der Waals surface area (Å²) >= 11 is 0. The van der Waals surface area contributed by atoms with Gasteiger partial charge in [-0.1, -0.05) is 12.1 Å². The van der Waals surface area contributed by atoms with E-state index in [0.29, 0.717) is 6.04 Å². The number of benzene rings is 1. The van der Waals surface area contributed by atoms with Crippen LogP contribution in [0.2, 0.25) is 0 Å². The van der Waals surface area contributed by atoms with Gasteiger partial charge in [-0.05, 0) is 51.3 Å². The van der Waals surface area contributed by atoms with Crippen molar-refractivity contribution in [2.75, 3.05) is 11.4 Å². The van der Waals surface area contributed by atoms with Crippen LogP contribution in [0, 0.1) is 0 Å². The number of rotatable bonds is 2. The Morgan fingerprint density at radius 3 is 2.69 bits per heavy atom. The Morgan fingerprint density at radius 1 is 1.44 bits per heavy atom. The molecule has 1 aliphatic rings. The summed E-state index contributed by atoms with van der Waals surface area (Å²) in [5.74, 6) is 0. The lowest BCUT2D eigenvalue weighted by molar-refractivity contribution is 0.0778. The first-order chi connectivity index (χ1) is 7.45. The molecule has 1 N–H and O–H groups in total. The average Bonchev–Trinajstić information content (AvgIpc) is 2.50. The average molecular weight is 219 g/mol. The summed E-state index contributed by atoms with van der Waals surface area (Å²) in [4.78, 5) is 2.41. The van der Waals surface area contributed by atoms with Gasteiger partial charge in [0, 0.05) is 18.3 Å². The third-order valence-corrected chi connectivity index (χ3v) is 3.49. The normalized spacial score (nSPS) is 20.1. The van der Waals surface area contributed by atoms with Gasteiger partial charge in [0.15, 0.2) is 0 Å². The summed E-state index contributed by atoms with van der Waals surface area (Å²) in [6.07, 6.45) is 1.04. The lowest BCUT2D eigenvalue weighted by atomic mass is 9.91. The fourth-order valence-electron chi connectivity index (χ4n) is 2.76. The molecule has 2 nitrogen and oxygen atoms in total. The van der Waals surface area contributed by atoms with Crippen molar-refractivity contribution in [1.29, 1.82) is 0 Å². The third kappa shape index (κ3) is 1.71. The van der Waals surface area contributed by atoms with Crippen molar-refractivity contribution < 1.29 is 5.11 Å². The lowest BCUT2D eigenvalue weighted by Crippen LogP contribution is -2.28. The topological polar surface area (TPSA) is 23.5 Å². The van der Waals surface area contributed by atoms with Gasteiger partial charge in [-0.2, -0.15) is 0 Å². The van der Waals surface area contributed by atoms with E-state index in [0.717, 1.165) is 18.5 Å². The minimum Gasteiger partial charge on any atom is -0.386 e. The second-order valence-electron chi connectivity index (χ2n) is 5.20. The standard InChI is InChI=1S/C14H21NO/c1-5-15-10(2)9-11-12(14(3,4)16)7-6-8-13(11)15/h6-8,10,16H,5,9H2,1-4H3. The van der Waals surface area contributed by atoms with Crippen LogP contribution < -0.4 is 4.90 Å². The van der Waals surface area contributed by atoms with Gasteiger partial charge in [-0.15, -0.1) is 0 Å². The van der Waals surface area contributed by atoms with Crippen molar-refractivity contribution in [3.05, 3.63) is 29.3 Å². The number of likely N-dealkylation sites (N-methyl/N-ethyl adjacent to an activating group) is 1. The Labute approximate surface area is 97.9 Å². The zero-order valence-corrected chi connectivity index (χ0v) is 10.6. The Bertz CT molecular complexity index is 392. The molecule has 0 radical (unpaired) electrons. The van der Waals surface area contributed by atoms with Crippen LogP contribution in [0.3, 0.4) is 0 Å². The zero-order valence-electron chi connectivity index (χ0n) is 10.6. The smallest absolute Gasteiger partial charge is 0.0843 e. The lowest BCUT2D eigenvalue weighted by Gasteiger charge is -2.24. The fourth-order valence-corrected chi connectivity index (χ4v) is 2.76. The maximum Gasteiger partial charge on any atom is 0.0843 e. The predicted octanol–water partition coefficient (Wildman–Crippen LogP) is 2.68. The van der Waals surface area contributed by atoms with Crippen molar-refractivity contribution in [3.63, 3.8) is 0 Å². The largest absolute Gasteiger partial charge is 0.386 e. The maximum atomic E-state index is 10.2. The fraction of sp³-hybridized carbons (Fsp3) is 0.571. The molecule has 0 bridgehead atoms. The van der Waals surface area contributed by atoms with Gasteiger partial charge >= 0.3 is 0 Å². The molecule has 0 saturated heterocycles. The minimum atomic E-state index is -0.741. The highest BCUT2D eigenvalue weighted by Crippen LogP contribution is 2.37. The molecule has 1 aromatic carbocycles. The Morgan fingerprint density at radius 2 is 2.12 bits per heavy atom. The molecule has 1 unspecified atom stereocenters. The van der Waals surface area contributed by atoms with Crippen LogP contribution in [0.25, 0.3) is 0 Å². The van der Waals surface area contributed by atoms with E-state index in [-0.39, 0.29) is 0 Å². The number of fused-ring (bicyclic) bond motifs is 1. The molecule has 0 saturated carbocycles. The number of nitrogens with zero attached hydrogens (tertiary/aromatic N) is 1. The monoisotopic (exact) mass is 219 g/mol. The van der Waals surface area contributed by atoms with Gasteiger partial charge in [0.2, 0.25) is 0 Å². The van der Waals surface area contributed by atoms with Crippen LogP contribution in [-0.2, 0) is 12.0 Å². The second-order valence-corrected chi connectivity index (χ2v) is 5.20. The number of hydrogen-bond donors (Lipinski definition) is 1. The van der Waals surface area contributed by atoms with E-state index in [1.165, 1.54) is 11.3 Å². The quantitative estimate of drug-likeness (QED) is 0.826. The van der Waals surface area contributed by atoms with Crippen LogP contribution in [0.1, 0.15) is 38.8 Å². The molecule has 0 aromatic heterocycles. The SMILES string of the molecule is CCN1c2cccc(C(C)(C)O)c2CC1C. The highest BCUT2D eigenvalue weighted by molar-refractivity contribution is 5.62. The molecule has 0 amide bonds. The summed E-state index contributed by atoms with van der Waals surface area (Å²) < 4.78 is 0. The van der Waals surface area contributed by atoms with E-state index in [9.17, 15) is 5.11 Å². The van der Waals surface area contributed by atoms with Crippen molar-refractivity contribution >= 4 is 5.69 Å². The van der Waals surface area contributed by atoms with Crippen LogP contribution in [0.4, 0.5) is 5.69 Å². The molecular weight excluding hydrogens is 198 g/mol. The first-order valence-electron chi connectivity index (χ1n) is 6.06. The van der Waals surface area contributed by atoms with Gasteiger partial charge < -0.3 is 10.0 Å². The molecule has 0 aliphatic carbocycles. The highest BCUT2D eigenvalue weighted by atomic mass is 16.3. The molecule has 1 aromatic rings. The number of anilines is 1. The molecule has 0 fully saturated rings. The number of aliphatic hydroxyl groups is 1. The van der Waals surface area contributed by atoms with Crippen LogP contribution in [0.5, 0.6) is 0 Å². The van der Waals surface area contributed by atoms with Crippen LogP contribution in [-0.4, -0.2) is 17.7 Å². The summed E-state index contributed by atoms with van der Waals surface area (Å²) in [5.41, 5.74) is 2.96. The molecule has 1 aliphatic heterocycles. The molecule has 0 spiro atoms. The van der Waals surface area contributed by atoms with Gasteiger partial charge in [0.05, 0.1) is 5.60 Å². The van der Waals surface area contributed by atoms with Crippen LogP contribution >= 0.6 is 0 Å². The van der Waals surface area contributed by atoms with E-state index in [1.54, 1.807) is 0 Å². The van der Waals surface area contributed by atoms with Crippen molar-refractivity contribution in [2.24, 2.45) is 0 Å². The zero-order chi connectivity index (χ0) is 11.9. The molecule has 1 heterocycles. The van der Waals surface area contributed by atoms with Gasteiger partial charge in [-0.3, -0.25) is 0 Å². The van der Waals surface area contributed by atoms with E-state index < -0.39 is 5.60 Å². The minimum absolute atomic E-state index is 0.545. The predicted molar refractivity (Wildman–Crippen MR) is 67.9 cm³/mol. The highest BCUT2D eigenvalue weighted by Gasteiger charge is 2.30. The van der Waals surface area contributed by atoms with E-state index in [1.807, 2.05) is 26.0 Å². The van der Waals surface area contributed by atoms with E-state index in [4.69, 9.17) is 0 Å². The van der Waals surface area contributed by atoms with Crippen molar-refractivity contribution in [2.45, 2.75) is 45.8 Å². The molecule has 2 heteroatoms.